The molecule has 0 saturated heterocycles. The lowest BCUT2D eigenvalue weighted by Crippen LogP contribution is -2.34. The number of hydrogen-bond donors (Lipinski definition) is 2. The Morgan fingerprint density at radius 2 is 2.12 bits per heavy atom. The molecule has 0 spiro atoms. The van der Waals surface area contributed by atoms with Gasteiger partial charge in [0.15, 0.2) is 0 Å². The zero-order valence-electron chi connectivity index (χ0n) is 10.7. The number of fused-ring (bicyclic) bond motifs is 2. The summed E-state index contributed by atoms with van der Waals surface area (Å²) in [4.78, 5) is 0. The summed E-state index contributed by atoms with van der Waals surface area (Å²) < 4.78 is 0. The summed E-state index contributed by atoms with van der Waals surface area (Å²) in [5.74, 6) is 1.49. The van der Waals surface area contributed by atoms with Gasteiger partial charge < -0.3 is 10.8 Å². The number of allylic oxidation sites excluding steroid dienone is 1. The van der Waals surface area contributed by atoms with Crippen LogP contribution in [0.3, 0.4) is 0 Å². The number of rotatable bonds is 3. The second-order valence-corrected chi connectivity index (χ2v) is 6.62. The molecule has 0 heterocycles. The smallest absolute Gasteiger partial charge is 0.0618 e. The van der Waals surface area contributed by atoms with Crippen molar-refractivity contribution in [1.29, 1.82) is 0 Å². The van der Waals surface area contributed by atoms with E-state index in [-0.39, 0.29) is 12.6 Å². The fourth-order valence-electron chi connectivity index (χ4n) is 4.14. The molecular formula is C14H25NO. The van der Waals surface area contributed by atoms with Crippen LogP contribution < -0.4 is 5.73 Å². The largest absolute Gasteiger partial charge is 0.394 e. The number of aliphatic hydroxyl groups is 1. The molecule has 0 aromatic rings. The van der Waals surface area contributed by atoms with Crippen LogP contribution in [0.25, 0.3) is 0 Å². The van der Waals surface area contributed by atoms with Crippen molar-refractivity contribution in [2.75, 3.05) is 6.61 Å². The highest BCUT2D eigenvalue weighted by Gasteiger charge is 2.57. The SMILES string of the molecule is CC12CCC(C1)C(C)(C)C2C=CC(N)CO. The van der Waals surface area contributed by atoms with Crippen molar-refractivity contribution < 1.29 is 5.11 Å². The van der Waals surface area contributed by atoms with Gasteiger partial charge in [-0.25, -0.2) is 0 Å². The monoisotopic (exact) mass is 223 g/mol. The van der Waals surface area contributed by atoms with Gasteiger partial charge >= 0.3 is 0 Å². The highest BCUT2D eigenvalue weighted by molar-refractivity contribution is 5.15. The van der Waals surface area contributed by atoms with E-state index in [4.69, 9.17) is 10.8 Å². The van der Waals surface area contributed by atoms with Gasteiger partial charge in [0.2, 0.25) is 0 Å². The highest BCUT2D eigenvalue weighted by Crippen LogP contribution is 2.66. The molecule has 92 valence electrons. The van der Waals surface area contributed by atoms with Crippen LogP contribution in [0.15, 0.2) is 12.2 Å². The molecule has 0 aromatic heterocycles. The quantitative estimate of drug-likeness (QED) is 0.721. The highest BCUT2D eigenvalue weighted by atomic mass is 16.3. The van der Waals surface area contributed by atoms with Crippen LogP contribution in [-0.4, -0.2) is 17.8 Å². The van der Waals surface area contributed by atoms with Crippen molar-refractivity contribution in [2.45, 2.75) is 46.1 Å². The number of aliphatic hydroxyl groups excluding tert-OH is 1. The Hall–Kier alpha value is -0.340. The first-order chi connectivity index (χ1) is 7.40. The molecule has 4 atom stereocenters. The molecule has 2 rings (SSSR count). The summed E-state index contributed by atoms with van der Waals surface area (Å²) in [7, 11) is 0. The van der Waals surface area contributed by atoms with Crippen LogP contribution in [0, 0.1) is 22.7 Å². The average molecular weight is 223 g/mol. The van der Waals surface area contributed by atoms with Crippen LogP contribution in [0.1, 0.15) is 40.0 Å². The molecule has 2 nitrogen and oxygen atoms in total. The molecule has 16 heavy (non-hydrogen) atoms. The average Bonchev–Trinajstić information content (AvgIpc) is 2.68. The van der Waals surface area contributed by atoms with Crippen LogP contribution in [0.5, 0.6) is 0 Å². The van der Waals surface area contributed by atoms with Gasteiger partial charge in [-0.15, -0.1) is 0 Å². The fraction of sp³-hybridized carbons (Fsp3) is 0.857. The molecule has 2 heteroatoms. The van der Waals surface area contributed by atoms with Crippen molar-refractivity contribution in [3.05, 3.63) is 12.2 Å². The second-order valence-electron chi connectivity index (χ2n) is 6.62. The lowest BCUT2D eigenvalue weighted by molar-refractivity contribution is 0.113. The van der Waals surface area contributed by atoms with E-state index in [1.807, 2.05) is 6.08 Å². The first-order valence-corrected chi connectivity index (χ1v) is 6.45. The minimum absolute atomic E-state index is 0.0454. The summed E-state index contributed by atoms with van der Waals surface area (Å²) in [6.45, 7) is 7.24. The minimum atomic E-state index is -0.196. The van der Waals surface area contributed by atoms with E-state index in [1.54, 1.807) is 0 Å². The number of nitrogens with two attached hydrogens (primary N) is 1. The molecule has 2 aliphatic carbocycles. The molecule has 2 saturated carbocycles. The molecule has 0 amide bonds. The molecule has 2 bridgehead atoms. The summed E-state index contributed by atoms with van der Waals surface area (Å²) in [6, 6.07) is -0.196. The third-order valence-corrected chi connectivity index (χ3v) is 5.14. The van der Waals surface area contributed by atoms with Crippen molar-refractivity contribution in [1.82, 2.24) is 0 Å². The van der Waals surface area contributed by atoms with Gasteiger partial charge in [0.25, 0.3) is 0 Å². The van der Waals surface area contributed by atoms with Gasteiger partial charge in [0.05, 0.1) is 6.61 Å². The molecule has 0 aromatic carbocycles. The fourth-order valence-corrected chi connectivity index (χ4v) is 4.14. The maximum atomic E-state index is 8.96. The van der Waals surface area contributed by atoms with Crippen LogP contribution in [0.2, 0.25) is 0 Å². The second kappa shape index (κ2) is 3.85. The summed E-state index contributed by atoms with van der Waals surface area (Å²) in [5.41, 5.74) is 6.62. The zero-order chi connectivity index (χ0) is 12.0. The van der Waals surface area contributed by atoms with E-state index < -0.39 is 0 Å². The van der Waals surface area contributed by atoms with Crippen LogP contribution in [0.4, 0.5) is 0 Å². The summed E-state index contributed by atoms with van der Waals surface area (Å²) in [5, 5.41) is 8.96. The molecule has 2 fully saturated rings. The van der Waals surface area contributed by atoms with Crippen molar-refractivity contribution >= 4 is 0 Å². The summed E-state index contributed by atoms with van der Waals surface area (Å²) in [6.07, 6.45) is 8.38. The Morgan fingerprint density at radius 1 is 1.44 bits per heavy atom. The first-order valence-electron chi connectivity index (χ1n) is 6.45. The third-order valence-electron chi connectivity index (χ3n) is 5.14. The maximum absolute atomic E-state index is 8.96. The van der Waals surface area contributed by atoms with Crippen molar-refractivity contribution in [2.24, 2.45) is 28.4 Å². The van der Waals surface area contributed by atoms with Crippen LogP contribution in [-0.2, 0) is 0 Å². The molecular weight excluding hydrogens is 198 g/mol. The van der Waals surface area contributed by atoms with E-state index in [1.165, 1.54) is 19.3 Å². The van der Waals surface area contributed by atoms with Gasteiger partial charge in [-0.1, -0.05) is 32.9 Å². The molecule has 0 radical (unpaired) electrons. The van der Waals surface area contributed by atoms with Gasteiger partial charge in [-0.2, -0.15) is 0 Å². The Bertz CT molecular complexity index is 292. The van der Waals surface area contributed by atoms with E-state index >= 15 is 0 Å². The predicted octanol–water partition coefficient (Wildman–Crippen LogP) is 2.32. The van der Waals surface area contributed by atoms with Gasteiger partial charge in [-0.3, -0.25) is 0 Å². The van der Waals surface area contributed by atoms with Gasteiger partial charge in [0, 0.05) is 6.04 Å². The third kappa shape index (κ3) is 1.72. The lowest BCUT2D eigenvalue weighted by Gasteiger charge is -2.41. The standard InChI is InChI=1S/C14H25NO/c1-13(2)10-6-7-14(3,8-10)12(13)5-4-11(15)9-16/h4-5,10-12,16H,6-9,15H2,1-3H3. The Morgan fingerprint density at radius 3 is 2.62 bits per heavy atom. The minimum Gasteiger partial charge on any atom is -0.394 e. The Balaban J connectivity index is 2.17. The van der Waals surface area contributed by atoms with Crippen molar-refractivity contribution in [3.63, 3.8) is 0 Å². The Kier molecular flexibility index (Phi) is 2.92. The summed E-state index contributed by atoms with van der Waals surface area (Å²) >= 11 is 0. The topological polar surface area (TPSA) is 46.2 Å². The predicted molar refractivity (Wildman–Crippen MR) is 66.9 cm³/mol. The van der Waals surface area contributed by atoms with Crippen LogP contribution >= 0.6 is 0 Å². The Labute approximate surface area is 98.9 Å². The van der Waals surface area contributed by atoms with Gasteiger partial charge in [0.1, 0.15) is 0 Å². The number of hydrogen-bond acceptors (Lipinski definition) is 2. The van der Waals surface area contributed by atoms with E-state index in [9.17, 15) is 0 Å². The maximum Gasteiger partial charge on any atom is 0.0618 e. The van der Waals surface area contributed by atoms with Gasteiger partial charge in [-0.05, 0) is 41.9 Å². The lowest BCUT2D eigenvalue weighted by atomic mass is 9.64. The zero-order valence-corrected chi connectivity index (χ0v) is 10.7. The molecule has 2 aliphatic rings. The molecule has 0 aliphatic heterocycles. The van der Waals surface area contributed by atoms with Crippen molar-refractivity contribution in [3.8, 4) is 0 Å². The van der Waals surface area contributed by atoms with E-state index in [2.05, 4.69) is 26.8 Å². The normalized spacial score (nSPS) is 43.1. The molecule has 4 unspecified atom stereocenters. The molecule has 3 N–H and O–H groups in total. The van der Waals surface area contributed by atoms with E-state index in [0.717, 1.165) is 5.92 Å². The first kappa shape index (κ1) is 12.1. The van der Waals surface area contributed by atoms with E-state index in [0.29, 0.717) is 16.7 Å².